The number of nitrogens with one attached hydrogen (secondary N) is 2. The molecule has 2 aromatic rings. The molecule has 8 nitrogen and oxygen atoms in total. The van der Waals surface area contributed by atoms with Gasteiger partial charge in [-0.05, 0) is 56.0 Å². The summed E-state index contributed by atoms with van der Waals surface area (Å²) in [4.78, 5) is 23.3. The number of halogens is 3. The SMILES string of the molecule is O=C(NCC1CN2CCC1CC2)c1n[nH]c2ccc(OC(F)(F)F)cc12.O=CO. The molecule has 3 saturated heterocycles. The van der Waals surface area contributed by atoms with Gasteiger partial charge in [-0.25, -0.2) is 0 Å². The maximum Gasteiger partial charge on any atom is 0.573 e. The molecule has 1 unspecified atom stereocenters. The maximum absolute atomic E-state index is 12.5. The molecule has 11 heteroatoms. The minimum atomic E-state index is -4.78. The van der Waals surface area contributed by atoms with Gasteiger partial charge in [0, 0.05) is 18.5 Å². The van der Waals surface area contributed by atoms with Crippen LogP contribution in [0, 0.1) is 11.8 Å². The standard InChI is InChI=1S/C17H19F3N4O2.CH2O2/c18-17(19,20)26-12-1-2-14-13(7-12)15(23-22-14)16(25)21-8-11-9-24-5-3-10(11)4-6-24;2-1-3/h1-2,7,10-11H,3-6,8-9H2,(H,21,25)(H,22,23);1H,(H,2,3). The van der Waals surface area contributed by atoms with Crippen LogP contribution in [-0.4, -0.2) is 65.1 Å². The lowest BCUT2D eigenvalue weighted by atomic mass is 9.79. The Morgan fingerprint density at radius 2 is 2.07 bits per heavy atom. The lowest BCUT2D eigenvalue weighted by Crippen LogP contribution is -2.50. The average molecular weight is 414 g/mol. The molecule has 29 heavy (non-hydrogen) atoms. The molecular formula is C18H21F3N4O4. The van der Waals surface area contributed by atoms with E-state index in [1.807, 2.05) is 0 Å². The molecular weight excluding hydrogens is 393 g/mol. The van der Waals surface area contributed by atoms with Crippen molar-refractivity contribution in [1.29, 1.82) is 0 Å². The molecule has 0 aliphatic carbocycles. The van der Waals surface area contributed by atoms with Crippen molar-refractivity contribution in [3.8, 4) is 5.75 Å². The summed E-state index contributed by atoms with van der Waals surface area (Å²) in [7, 11) is 0. The Hall–Kier alpha value is -2.82. The molecule has 1 aromatic heterocycles. The summed E-state index contributed by atoms with van der Waals surface area (Å²) in [6, 6.07) is 3.77. The van der Waals surface area contributed by atoms with Gasteiger partial charge in [0.05, 0.1) is 5.52 Å². The van der Waals surface area contributed by atoms with E-state index in [-0.39, 0.29) is 17.9 Å². The first kappa shape index (κ1) is 20.9. The zero-order valence-electron chi connectivity index (χ0n) is 15.4. The fourth-order valence-corrected chi connectivity index (χ4v) is 3.99. The number of piperidine rings is 3. The van der Waals surface area contributed by atoms with E-state index in [2.05, 4.69) is 25.2 Å². The molecule has 3 aliphatic heterocycles. The number of carbonyl (C=O) groups is 2. The number of benzene rings is 1. The van der Waals surface area contributed by atoms with Gasteiger partial charge in [-0.3, -0.25) is 14.7 Å². The highest BCUT2D eigenvalue weighted by atomic mass is 19.4. The second-order valence-corrected chi connectivity index (χ2v) is 7.04. The van der Waals surface area contributed by atoms with Crippen molar-refractivity contribution in [1.82, 2.24) is 20.4 Å². The smallest absolute Gasteiger partial charge is 0.483 e. The minimum Gasteiger partial charge on any atom is -0.483 e. The Kier molecular flexibility index (Phi) is 6.26. The van der Waals surface area contributed by atoms with Crippen molar-refractivity contribution in [3.63, 3.8) is 0 Å². The molecule has 5 rings (SSSR count). The molecule has 1 aromatic carbocycles. The number of hydrogen-bond donors (Lipinski definition) is 3. The normalized spacial score (nSPS) is 23.2. The fourth-order valence-electron chi connectivity index (χ4n) is 3.99. The van der Waals surface area contributed by atoms with Gasteiger partial charge in [-0.2, -0.15) is 5.10 Å². The van der Waals surface area contributed by atoms with Crippen LogP contribution in [0.1, 0.15) is 23.3 Å². The highest BCUT2D eigenvalue weighted by Gasteiger charge is 2.34. The topological polar surface area (TPSA) is 108 Å². The number of ether oxygens (including phenoxy) is 1. The summed E-state index contributed by atoms with van der Waals surface area (Å²) in [5, 5.41) is 16.7. The van der Waals surface area contributed by atoms with Crippen molar-refractivity contribution < 1.29 is 32.6 Å². The molecule has 1 atom stereocenters. The van der Waals surface area contributed by atoms with Crippen molar-refractivity contribution >= 4 is 23.3 Å². The van der Waals surface area contributed by atoms with Gasteiger partial charge in [-0.15, -0.1) is 13.2 Å². The van der Waals surface area contributed by atoms with Crippen LogP contribution in [0.3, 0.4) is 0 Å². The molecule has 3 fully saturated rings. The van der Waals surface area contributed by atoms with E-state index in [1.54, 1.807) is 0 Å². The molecule has 1 amide bonds. The number of rotatable bonds is 4. The molecule has 0 spiro atoms. The Balaban J connectivity index is 0.000000755. The molecule has 0 radical (unpaired) electrons. The summed E-state index contributed by atoms with van der Waals surface area (Å²) >= 11 is 0. The predicted molar refractivity (Wildman–Crippen MR) is 96.5 cm³/mol. The molecule has 0 saturated carbocycles. The van der Waals surface area contributed by atoms with Crippen LogP contribution in [-0.2, 0) is 4.79 Å². The van der Waals surface area contributed by atoms with Crippen LogP contribution in [0.15, 0.2) is 18.2 Å². The molecule has 4 heterocycles. The van der Waals surface area contributed by atoms with E-state index < -0.39 is 12.3 Å². The van der Waals surface area contributed by atoms with E-state index in [0.29, 0.717) is 29.3 Å². The number of aromatic amines is 1. The van der Waals surface area contributed by atoms with Crippen LogP contribution in [0.2, 0.25) is 0 Å². The third-order valence-electron chi connectivity index (χ3n) is 5.30. The Morgan fingerprint density at radius 1 is 1.38 bits per heavy atom. The number of carbonyl (C=O) groups excluding carboxylic acids is 1. The third kappa shape index (κ3) is 5.17. The summed E-state index contributed by atoms with van der Waals surface area (Å²) in [6.45, 7) is 3.53. The van der Waals surface area contributed by atoms with E-state index in [9.17, 15) is 18.0 Å². The summed E-state index contributed by atoms with van der Waals surface area (Å²) < 4.78 is 41.1. The van der Waals surface area contributed by atoms with E-state index >= 15 is 0 Å². The lowest BCUT2D eigenvalue weighted by molar-refractivity contribution is -0.274. The van der Waals surface area contributed by atoms with Gasteiger partial charge < -0.3 is 20.1 Å². The number of alkyl halides is 3. The predicted octanol–water partition coefficient (Wildman–Crippen LogP) is 2.23. The Labute approximate surface area is 164 Å². The van der Waals surface area contributed by atoms with Crippen molar-refractivity contribution in [3.05, 3.63) is 23.9 Å². The molecule has 158 valence electrons. The van der Waals surface area contributed by atoms with Gasteiger partial charge in [0.15, 0.2) is 5.69 Å². The van der Waals surface area contributed by atoms with Gasteiger partial charge in [-0.1, -0.05) is 0 Å². The second-order valence-electron chi connectivity index (χ2n) is 7.04. The number of aromatic nitrogens is 2. The summed E-state index contributed by atoms with van der Waals surface area (Å²) in [5.41, 5.74) is 0.557. The quantitative estimate of drug-likeness (QED) is 0.663. The highest BCUT2D eigenvalue weighted by Crippen LogP contribution is 2.32. The van der Waals surface area contributed by atoms with Crippen LogP contribution < -0.4 is 10.1 Å². The molecule has 3 N–H and O–H groups in total. The molecule has 2 bridgehead atoms. The van der Waals surface area contributed by atoms with Crippen LogP contribution in [0.5, 0.6) is 5.75 Å². The first-order valence-electron chi connectivity index (χ1n) is 9.13. The number of H-pyrrole nitrogens is 1. The first-order chi connectivity index (χ1) is 13.8. The minimum absolute atomic E-state index is 0.0777. The second kappa shape index (κ2) is 8.68. The number of hydrogen-bond acceptors (Lipinski definition) is 5. The first-order valence-corrected chi connectivity index (χ1v) is 9.13. The fraction of sp³-hybridized carbons (Fsp3) is 0.500. The zero-order valence-corrected chi connectivity index (χ0v) is 15.4. The van der Waals surface area contributed by atoms with Crippen LogP contribution in [0.4, 0.5) is 13.2 Å². The maximum atomic E-state index is 12.5. The number of fused-ring (bicyclic) bond motifs is 4. The van der Waals surface area contributed by atoms with Crippen molar-refractivity contribution in [2.24, 2.45) is 11.8 Å². The summed E-state index contributed by atoms with van der Waals surface area (Å²) in [5.74, 6) is 0.272. The Morgan fingerprint density at radius 3 is 2.66 bits per heavy atom. The number of nitrogens with zero attached hydrogens (tertiary/aromatic N) is 2. The number of carboxylic acid groups (broad SMARTS) is 1. The van der Waals surface area contributed by atoms with Gasteiger partial charge in [0.25, 0.3) is 12.4 Å². The van der Waals surface area contributed by atoms with Gasteiger partial charge in [0.1, 0.15) is 5.75 Å². The molecule has 3 aliphatic rings. The van der Waals surface area contributed by atoms with Gasteiger partial charge in [0.2, 0.25) is 0 Å². The summed E-state index contributed by atoms with van der Waals surface area (Å²) in [6.07, 6.45) is -2.47. The van der Waals surface area contributed by atoms with Gasteiger partial charge >= 0.3 is 6.36 Å². The third-order valence-corrected chi connectivity index (χ3v) is 5.30. The van der Waals surface area contributed by atoms with Crippen molar-refractivity contribution in [2.75, 3.05) is 26.2 Å². The lowest BCUT2D eigenvalue weighted by Gasteiger charge is -2.44. The van der Waals surface area contributed by atoms with E-state index in [0.717, 1.165) is 32.5 Å². The van der Waals surface area contributed by atoms with Crippen molar-refractivity contribution in [2.45, 2.75) is 19.2 Å². The zero-order chi connectivity index (χ0) is 21.0. The Bertz CT molecular complexity index is 862. The average Bonchev–Trinajstić information content (AvgIpc) is 3.10. The monoisotopic (exact) mass is 414 g/mol. The van der Waals surface area contributed by atoms with E-state index in [1.165, 1.54) is 18.2 Å². The highest BCUT2D eigenvalue weighted by molar-refractivity contribution is 6.05. The van der Waals surface area contributed by atoms with Crippen LogP contribution in [0.25, 0.3) is 10.9 Å². The van der Waals surface area contributed by atoms with Crippen LogP contribution >= 0.6 is 0 Å². The van der Waals surface area contributed by atoms with E-state index in [4.69, 9.17) is 9.90 Å². The largest absolute Gasteiger partial charge is 0.573 e. The number of amides is 1.